The van der Waals surface area contributed by atoms with E-state index >= 15 is 0 Å². The molecule has 0 bridgehead atoms. The molecule has 0 aliphatic carbocycles. The van der Waals surface area contributed by atoms with Crippen molar-refractivity contribution in [3.8, 4) is 11.1 Å². The molecule has 0 aliphatic heterocycles. The van der Waals surface area contributed by atoms with Crippen LogP contribution in [0.5, 0.6) is 0 Å². The molecule has 5 heteroatoms. The van der Waals surface area contributed by atoms with Crippen LogP contribution < -0.4 is 5.56 Å². The fourth-order valence-electron chi connectivity index (χ4n) is 3.34. The Balaban J connectivity index is 1.72. The molecule has 4 aromatic rings. The van der Waals surface area contributed by atoms with Gasteiger partial charge in [-0.15, -0.1) is 0 Å². The summed E-state index contributed by atoms with van der Waals surface area (Å²) >= 11 is 0. The molecule has 4 nitrogen and oxygen atoms in total. The Bertz CT molecular complexity index is 1310. The zero-order chi connectivity index (χ0) is 20.4. The van der Waals surface area contributed by atoms with E-state index in [0.29, 0.717) is 16.6 Å². The Labute approximate surface area is 167 Å². The topological polar surface area (TPSA) is 47.2 Å². The number of para-hydroxylation sites is 2. The Morgan fingerprint density at radius 1 is 1.07 bits per heavy atom. The SMILES string of the molecule is C=Cc1cc(-c2ccc(Cn3c(=O)cnc4ccccc43)c(F)c2)ccc1N=C. The van der Waals surface area contributed by atoms with Crippen molar-refractivity contribution >= 4 is 29.5 Å². The summed E-state index contributed by atoms with van der Waals surface area (Å²) in [4.78, 5) is 20.4. The number of hydrogen-bond acceptors (Lipinski definition) is 3. The van der Waals surface area contributed by atoms with E-state index in [1.807, 2.05) is 48.5 Å². The van der Waals surface area contributed by atoms with E-state index in [2.05, 4.69) is 23.3 Å². The molecule has 0 N–H and O–H groups in total. The Morgan fingerprint density at radius 3 is 2.59 bits per heavy atom. The summed E-state index contributed by atoms with van der Waals surface area (Å²) in [6.45, 7) is 7.46. The maximum absolute atomic E-state index is 14.9. The monoisotopic (exact) mass is 383 g/mol. The number of fused-ring (bicyclic) bond motifs is 1. The number of benzene rings is 3. The van der Waals surface area contributed by atoms with Crippen LogP contribution in [0, 0.1) is 5.82 Å². The molecule has 1 heterocycles. The molecule has 0 spiro atoms. The van der Waals surface area contributed by atoms with Crippen LogP contribution in [-0.2, 0) is 6.54 Å². The lowest BCUT2D eigenvalue weighted by Gasteiger charge is -2.12. The van der Waals surface area contributed by atoms with Crippen molar-refractivity contribution in [1.29, 1.82) is 0 Å². The molecule has 142 valence electrons. The van der Waals surface area contributed by atoms with Gasteiger partial charge in [0.15, 0.2) is 0 Å². The number of aromatic nitrogens is 2. The molecule has 0 amide bonds. The smallest absolute Gasteiger partial charge is 0.269 e. The van der Waals surface area contributed by atoms with Gasteiger partial charge in [0.25, 0.3) is 5.56 Å². The maximum Gasteiger partial charge on any atom is 0.269 e. The molecule has 0 fully saturated rings. The van der Waals surface area contributed by atoms with Crippen LogP contribution in [0.15, 0.2) is 83.2 Å². The second-order valence-electron chi connectivity index (χ2n) is 6.61. The predicted molar refractivity (Wildman–Crippen MR) is 116 cm³/mol. The van der Waals surface area contributed by atoms with Crippen molar-refractivity contribution < 1.29 is 4.39 Å². The summed E-state index contributed by atoms with van der Waals surface area (Å²) in [6.07, 6.45) is 2.96. The third-order valence-corrected chi connectivity index (χ3v) is 4.89. The highest BCUT2D eigenvalue weighted by atomic mass is 19.1. The van der Waals surface area contributed by atoms with Gasteiger partial charge in [-0.05, 0) is 48.2 Å². The average molecular weight is 383 g/mol. The molecule has 0 saturated carbocycles. The molecule has 29 heavy (non-hydrogen) atoms. The Hall–Kier alpha value is -3.86. The van der Waals surface area contributed by atoms with Gasteiger partial charge in [-0.2, -0.15) is 0 Å². The summed E-state index contributed by atoms with van der Waals surface area (Å²) in [5, 5.41) is 0. The van der Waals surface area contributed by atoms with Crippen molar-refractivity contribution in [2.45, 2.75) is 6.54 Å². The highest BCUT2D eigenvalue weighted by molar-refractivity contribution is 5.75. The van der Waals surface area contributed by atoms with Crippen LogP contribution in [0.25, 0.3) is 28.2 Å². The number of nitrogens with zero attached hydrogens (tertiary/aromatic N) is 3. The highest BCUT2D eigenvalue weighted by Crippen LogP contribution is 2.29. The average Bonchev–Trinajstić information content (AvgIpc) is 2.76. The lowest BCUT2D eigenvalue weighted by Crippen LogP contribution is -2.21. The summed E-state index contributed by atoms with van der Waals surface area (Å²) in [5.74, 6) is -0.374. The van der Waals surface area contributed by atoms with Crippen molar-refractivity contribution in [3.05, 3.63) is 101 Å². The summed E-state index contributed by atoms with van der Waals surface area (Å²) < 4.78 is 16.4. The van der Waals surface area contributed by atoms with Gasteiger partial charge in [0.1, 0.15) is 5.82 Å². The Morgan fingerprint density at radius 2 is 1.83 bits per heavy atom. The predicted octanol–water partition coefficient (Wildman–Crippen LogP) is 5.23. The summed E-state index contributed by atoms with van der Waals surface area (Å²) in [7, 11) is 0. The van der Waals surface area contributed by atoms with Crippen molar-refractivity contribution in [2.75, 3.05) is 0 Å². The van der Waals surface area contributed by atoms with E-state index in [9.17, 15) is 9.18 Å². The van der Waals surface area contributed by atoms with Crippen LogP contribution in [0.1, 0.15) is 11.1 Å². The van der Waals surface area contributed by atoms with Crippen LogP contribution in [0.2, 0.25) is 0 Å². The molecule has 0 saturated heterocycles. The fraction of sp³-hybridized carbons (Fsp3) is 0.0417. The standard InChI is InChI=1S/C24H18FN3O/c1-3-16-12-17(10-11-21(16)26-2)18-8-9-19(20(25)13-18)15-28-23-7-5-4-6-22(23)27-14-24(28)29/h3-14H,1-2,15H2. The minimum atomic E-state index is -0.374. The van der Waals surface area contributed by atoms with Crippen LogP contribution >= 0.6 is 0 Å². The number of rotatable bonds is 5. The second-order valence-corrected chi connectivity index (χ2v) is 6.61. The number of hydrogen-bond donors (Lipinski definition) is 0. The van der Waals surface area contributed by atoms with Gasteiger partial charge >= 0.3 is 0 Å². The van der Waals surface area contributed by atoms with Crippen molar-refractivity contribution in [1.82, 2.24) is 9.55 Å². The van der Waals surface area contributed by atoms with Crippen molar-refractivity contribution in [3.63, 3.8) is 0 Å². The normalized spacial score (nSPS) is 10.8. The molecule has 4 rings (SSSR count). The molecular formula is C24H18FN3O. The molecule has 0 unspecified atom stereocenters. The van der Waals surface area contributed by atoms with Gasteiger partial charge in [0.05, 0.1) is 29.5 Å². The van der Waals surface area contributed by atoms with Crippen LogP contribution in [-0.4, -0.2) is 16.3 Å². The molecular weight excluding hydrogens is 365 g/mol. The first kappa shape index (κ1) is 18.5. The van der Waals surface area contributed by atoms with Crippen molar-refractivity contribution in [2.24, 2.45) is 4.99 Å². The van der Waals surface area contributed by atoms with E-state index < -0.39 is 0 Å². The van der Waals surface area contributed by atoms with E-state index in [1.54, 1.807) is 12.1 Å². The van der Waals surface area contributed by atoms with Crippen LogP contribution in [0.3, 0.4) is 0 Å². The summed E-state index contributed by atoms with van der Waals surface area (Å²) in [6, 6.07) is 17.9. The third-order valence-electron chi connectivity index (χ3n) is 4.89. The summed E-state index contributed by atoms with van der Waals surface area (Å²) in [5.41, 5.74) is 4.67. The zero-order valence-electron chi connectivity index (χ0n) is 15.7. The van der Waals surface area contributed by atoms with Gasteiger partial charge < -0.3 is 4.57 Å². The van der Waals surface area contributed by atoms with E-state index in [-0.39, 0.29) is 17.9 Å². The van der Waals surface area contributed by atoms with E-state index in [0.717, 1.165) is 22.4 Å². The zero-order valence-corrected chi connectivity index (χ0v) is 15.7. The van der Waals surface area contributed by atoms with E-state index in [4.69, 9.17) is 0 Å². The molecule has 0 atom stereocenters. The first-order valence-corrected chi connectivity index (χ1v) is 9.07. The minimum absolute atomic E-state index is 0.130. The maximum atomic E-state index is 14.9. The van der Waals surface area contributed by atoms with Crippen LogP contribution in [0.4, 0.5) is 10.1 Å². The largest absolute Gasteiger partial charge is 0.301 e. The Kier molecular flexibility index (Phi) is 4.87. The minimum Gasteiger partial charge on any atom is -0.301 e. The first-order valence-electron chi connectivity index (χ1n) is 9.07. The molecule has 3 aromatic carbocycles. The first-order chi connectivity index (χ1) is 14.1. The third kappa shape index (κ3) is 3.50. The molecule has 1 aromatic heterocycles. The fourth-order valence-corrected chi connectivity index (χ4v) is 3.34. The lowest BCUT2D eigenvalue weighted by atomic mass is 10.00. The van der Waals surface area contributed by atoms with Gasteiger partial charge in [0, 0.05) is 11.1 Å². The number of aliphatic imine (C=N–C) groups is 1. The van der Waals surface area contributed by atoms with Gasteiger partial charge in [-0.3, -0.25) is 9.79 Å². The van der Waals surface area contributed by atoms with Gasteiger partial charge in [-0.25, -0.2) is 9.37 Å². The highest BCUT2D eigenvalue weighted by Gasteiger charge is 2.10. The lowest BCUT2D eigenvalue weighted by molar-refractivity contribution is 0.599. The second kappa shape index (κ2) is 7.64. The van der Waals surface area contributed by atoms with Gasteiger partial charge in [-0.1, -0.05) is 43.0 Å². The quantitative estimate of drug-likeness (QED) is 0.443. The van der Waals surface area contributed by atoms with Gasteiger partial charge in [0.2, 0.25) is 0 Å². The number of halogens is 1. The van der Waals surface area contributed by atoms with E-state index in [1.165, 1.54) is 16.8 Å². The molecule has 0 aliphatic rings. The molecule has 0 radical (unpaired) electrons.